The Morgan fingerprint density at radius 1 is 1.40 bits per heavy atom. The van der Waals surface area contributed by atoms with Crippen LogP contribution >= 0.6 is 11.8 Å². The molecule has 2 aromatic heterocycles. The van der Waals surface area contributed by atoms with E-state index in [2.05, 4.69) is 20.3 Å². The number of hydrogen-bond donors (Lipinski definition) is 2. The molecule has 0 saturated heterocycles. The molecule has 0 aliphatic rings. The third kappa shape index (κ3) is 2.73. The molecule has 0 unspecified atom stereocenters. The van der Waals surface area contributed by atoms with Crippen LogP contribution in [0.4, 0.5) is 5.82 Å². The highest BCUT2D eigenvalue weighted by molar-refractivity contribution is 7.99. The zero-order chi connectivity index (χ0) is 10.5. The number of rotatable bonds is 4. The number of anilines is 1. The summed E-state index contributed by atoms with van der Waals surface area (Å²) in [6, 6.07) is 3.98. The van der Waals surface area contributed by atoms with Gasteiger partial charge in [-0.15, -0.1) is 0 Å². The number of imidazole rings is 1. The molecule has 78 valence electrons. The predicted molar refractivity (Wildman–Crippen MR) is 61.1 cm³/mol. The Labute approximate surface area is 92.5 Å². The van der Waals surface area contributed by atoms with Gasteiger partial charge in [0.15, 0.2) is 5.16 Å². The van der Waals surface area contributed by atoms with Crippen molar-refractivity contribution in [2.75, 3.05) is 11.9 Å². The molecule has 0 aromatic carbocycles. The van der Waals surface area contributed by atoms with Gasteiger partial charge in [0.2, 0.25) is 0 Å². The second-order valence-electron chi connectivity index (χ2n) is 2.90. The number of hydrogen-bond acceptors (Lipinski definition) is 4. The van der Waals surface area contributed by atoms with Gasteiger partial charge < -0.3 is 10.3 Å². The zero-order valence-electron chi connectivity index (χ0n) is 8.40. The molecule has 2 heterocycles. The number of H-pyrrole nitrogens is 1. The fourth-order valence-electron chi connectivity index (χ4n) is 1.17. The summed E-state index contributed by atoms with van der Waals surface area (Å²) in [5, 5.41) is 4.06. The summed E-state index contributed by atoms with van der Waals surface area (Å²) in [4.78, 5) is 12.5. The SMILES string of the molecule is CCNc1cc(Sc2ncc[nH]2)ccn1. The van der Waals surface area contributed by atoms with Crippen LogP contribution in [0.2, 0.25) is 0 Å². The number of aromatic amines is 1. The molecular weight excluding hydrogens is 208 g/mol. The first-order valence-corrected chi connectivity index (χ1v) is 5.57. The third-order valence-corrected chi connectivity index (χ3v) is 2.68. The lowest BCUT2D eigenvalue weighted by atomic mass is 10.4. The Bertz CT molecular complexity index is 413. The maximum absolute atomic E-state index is 4.20. The number of nitrogens with one attached hydrogen (secondary N) is 2. The van der Waals surface area contributed by atoms with Crippen LogP contribution < -0.4 is 5.32 Å². The minimum absolute atomic E-state index is 0.877. The molecule has 2 aromatic rings. The molecule has 0 saturated carbocycles. The Morgan fingerprint density at radius 3 is 3.07 bits per heavy atom. The lowest BCUT2D eigenvalue weighted by Gasteiger charge is -2.03. The van der Waals surface area contributed by atoms with Crippen molar-refractivity contribution in [3.63, 3.8) is 0 Å². The van der Waals surface area contributed by atoms with E-state index in [1.807, 2.05) is 25.3 Å². The van der Waals surface area contributed by atoms with E-state index in [4.69, 9.17) is 0 Å². The topological polar surface area (TPSA) is 53.6 Å². The van der Waals surface area contributed by atoms with Crippen molar-refractivity contribution in [3.8, 4) is 0 Å². The largest absolute Gasteiger partial charge is 0.370 e. The molecule has 2 rings (SSSR count). The highest BCUT2D eigenvalue weighted by Gasteiger charge is 2.00. The van der Waals surface area contributed by atoms with E-state index in [-0.39, 0.29) is 0 Å². The second kappa shape index (κ2) is 4.84. The molecular formula is C10H12N4S. The minimum atomic E-state index is 0.877. The van der Waals surface area contributed by atoms with Gasteiger partial charge in [-0.2, -0.15) is 0 Å². The molecule has 4 nitrogen and oxygen atoms in total. The summed E-state index contributed by atoms with van der Waals surface area (Å²) in [7, 11) is 0. The molecule has 0 atom stereocenters. The third-order valence-electron chi connectivity index (χ3n) is 1.78. The van der Waals surface area contributed by atoms with Crippen LogP contribution in [0.15, 0.2) is 40.8 Å². The fourth-order valence-corrected chi connectivity index (χ4v) is 1.93. The van der Waals surface area contributed by atoms with Gasteiger partial charge in [-0.05, 0) is 19.1 Å². The van der Waals surface area contributed by atoms with Crippen molar-refractivity contribution in [3.05, 3.63) is 30.7 Å². The number of aromatic nitrogens is 3. The van der Waals surface area contributed by atoms with Gasteiger partial charge in [0.1, 0.15) is 5.82 Å². The summed E-state index contributed by atoms with van der Waals surface area (Å²) in [5.74, 6) is 0.897. The van der Waals surface area contributed by atoms with Gasteiger partial charge in [-0.25, -0.2) is 9.97 Å². The monoisotopic (exact) mass is 220 g/mol. The highest BCUT2D eigenvalue weighted by Crippen LogP contribution is 2.25. The number of pyridine rings is 1. The van der Waals surface area contributed by atoms with E-state index in [1.54, 1.807) is 24.2 Å². The van der Waals surface area contributed by atoms with Crippen LogP contribution in [0.25, 0.3) is 0 Å². The summed E-state index contributed by atoms with van der Waals surface area (Å²) in [5.41, 5.74) is 0. The van der Waals surface area contributed by atoms with Crippen LogP contribution in [0, 0.1) is 0 Å². The lowest BCUT2D eigenvalue weighted by Crippen LogP contribution is -1.98. The molecule has 0 aliphatic heterocycles. The first-order valence-electron chi connectivity index (χ1n) is 4.75. The van der Waals surface area contributed by atoms with Crippen LogP contribution in [0.5, 0.6) is 0 Å². The summed E-state index contributed by atoms with van der Waals surface area (Å²) >= 11 is 1.59. The van der Waals surface area contributed by atoms with E-state index in [0.29, 0.717) is 0 Å². The van der Waals surface area contributed by atoms with Gasteiger partial charge in [-0.1, -0.05) is 11.8 Å². The maximum atomic E-state index is 4.20. The van der Waals surface area contributed by atoms with Crippen LogP contribution in [0.3, 0.4) is 0 Å². The zero-order valence-corrected chi connectivity index (χ0v) is 9.21. The Morgan fingerprint density at radius 2 is 2.33 bits per heavy atom. The summed E-state index contributed by atoms with van der Waals surface area (Å²) < 4.78 is 0. The van der Waals surface area contributed by atoms with Crippen molar-refractivity contribution in [1.82, 2.24) is 15.0 Å². The van der Waals surface area contributed by atoms with Crippen molar-refractivity contribution in [2.45, 2.75) is 17.0 Å². The molecule has 0 fully saturated rings. The van der Waals surface area contributed by atoms with Crippen molar-refractivity contribution < 1.29 is 0 Å². The maximum Gasteiger partial charge on any atom is 0.170 e. The molecule has 5 heteroatoms. The molecule has 15 heavy (non-hydrogen) atoms. The van der Waals surface area contributed by atoms with Gasteiger partial charge in [0.25, 0.3) is 0 Å². The highest BCUT2D eigenvalue weighted by atomic mass is 32.2. The molecule has 0 bridgehead atoms. The minimum Gasteiger partial charge on any atom is -0.370 e. The quantitative estimate of drug-likeness (QED) is 0.830. The second-order valence-corrected chi connectivity index (χ2v) is 3.97. The van der Waals surface area contributed by atoms with Crippen LogP contribution in [-0.4, -0.2) is 21.5 Å². The van der Waals surface area contributed by atoms with Gasteiger partial charge in [0, 0.05) is 30.0 Å². The molecule has 0 spiro atoms. The Kier molecular flexibility index (Phi) is 3.24. The first kappa shape index (κ1) is 10.0. The molecule has 0 aliphatic carbocycles. The fraction of sp³-hybridized carbons (Fsp3) is 0.200. The van der Waals surface area contributed by atoms with E-state index >= 15 is 0 Å². The molecule has 0 amide bonds. The van der Waals surface area contributed by atoms with E-state index in [0.717, 1.165) is 22.4 Å². The van der Waals surface area contributed by atoms with Crippen molar-refractivity contribution >= 4 is 17.6 Å². The standard InChI is InChI=1S/C10H12N4S/c1-2-11-9-7-8(3-4-12-9)15-10-13-5-6-14-10/h3-7H,2H2,1H3,(H,11,12)(H,13,14). The van der Waals surface area contributed by atoms with Crippen LogP contribution in [-0.2, 0) is 0 Å². The molecule has 2 N–H and O–H groups in total. The molecule has 0 radical (unpaired) electrons. The van der Waals surface area contributed by atoms with Gasteiger partial charge in [-0.3, -0.25) is 0 Å². The number of nitrogens with zero attached hydrogens (tertiary/aromatic N) is 2. The van der Waals surface area contributed by atoms with Crippen LogP contribution in [0.1, 0.15) is 6.92 Å². The predicted octanol–water partition coefficient (Wildman–Crippen LogP) is 2.39. The van der Waals surface area contributed by atoms with E-state index in [1.165, 1.54) is 0 Å². The average molecular weight is 220 g/mol. The normalized spacial score (nSPS) is 10.2. The van der Waals surface area contributed by atoms with E-state index < -0.39 is 0 Å². The average Bonchev–Trinajstić information content (AvgIpc) is 2.71. The summed E-state index contributed by atoms with van der Waals surface area (Å²) in [6.07, 6.45) is 5.35. The van der Waals surface area contributed by atoms with Gasteiger partial charge >= 0.3 is 0 Å². The van der Waals surface area contributed by atoms with Crippen molar-refractivity contribution in [2.24, 2.45) is 0 Å². The Balaban J connectivity index is 2.11. The lowest BCUT2D eigenvalue weighted by molar-refractivity contribution is 1.06. The first-order chi connectivity index (χ1) is 7.38. The van der Waals surface area contributed by atoms with Gasteiger partial charge in [0.05, 0.1) is 0 Å². The summed E-state index contributed by atoms with van der Waals surface area (Å²) in [6.45, 7) is 2.93. The van der Waals surface area contributed by atoms with Crippen molar-refractivity contribution in [1.29, 1.82) is 0 Å². The van der Waals surface area contributed by atoms with E-state index in [9.17, 15) is 0 Å². The Hall–Kier alpha value is -1.49. The smallest absolute Gasteiger partial charge is 0.170 e.